The molecular formula is C18H15ClFN3O3. The average Bonchev–Trinajstić information content (AvgIpc) is 2.55. The zero-order valence-corrected chi connectivity index (χ0v) is 14.7. The molecule has 0 unspecified atom stereocenters. The second-order valence-corrected chi connectivity index (χ2v) is 6.32. The number of H-pyrrole nitrogens is 1. The van der Waals surface area contributed by atoms with E-state index in [1.165, 1.54) is 12.1 Å². The normalized spacial score (nSPS) is 12.2. The number of carboxylic acids is 1. The molecule has 134 valence electrons. The topological polar surface area (TPSA) is 95.1 Å². The van der Waals surface area contributed by atoms with Crippen molar-refractivity contribution in [3.8, 4) is 0 Å². The van der Waals surface area contributed by atoms with Crippen LogP contribution in [0.25, 0.3) is 10.9 Å². The molecule has 1 aromatic heterocycles. The number of aromatic amines is 1. The van der Waals surface area contributed by atoms with Gasteiger partial charge in [-0.1, -0.05) is 11.6 Å². The molecule has 0 aliphatic rings. The number of rotatable bonds is 4. The SMILES string of the molecule is Cc1nc2cc(Cl)c([C@H](C)Nc3ccc(C(=O)O)cc3F)cc2c(=O)[nH]1. The number of aromatic nitrogens is 2. The predicted molar refractivity (Wildman–Crippen MR) is 97.5 cm³/mol. The molecule has 1 atom stereocenters. The Morgan fingerprint density at radius 3 is 2.73 bits per heavy atom. The summed E-state index contributed by atoms with van der Waals surface area (Å²) in [6.45, 7) is 3.43. The number of nitrogens with zero attached hydrogens (tertiary/aromatic N) is 1. The van der Waals surface area contributed by atoms with E-state index in [1.54, 1.807) is 26.0 Å². The Balaban J connectivity index is 1.97. The molecule has 0 spiro atoms. The Labute approximate surface area is 152 Å². The fourth-order valence-corrected chi connectivity index (χ4v) is 3.02. The Hall–Kier alpha value is -2.93. The van der Waals surface area contributed by atoms with Crippen LogP contribution in [0.2, 0.25) is 5.02 Å². The molecule has 0 saturated heterocycles. The molecule has 0 aliphatic heterocycles. The van der Waals surface area contributed by atoms with Crippen molar-refractivity contribution >= 4 is 34.2 Å². The zero-order chi connectivity index (χ0) is 19.0. The molecule has 3 aromatic rings. The molecule has 0 radical (unpaired) electrons. The van der Waals surface area contributed by atoms with Gasteiger partial charge >= 0.3 is 5.97 Å². The number of halogens is 2. The molecule has 8 heteroatoms. The van der Waals surface area contributed by atoms with E-state index in [4.69, 9.17) is 16.7 Å². The highest BCUT2D eigenvalue weighted by Crippen LogP contribution is 2.29. The minimum Gasteiger partial charge on any atom is -0.478 e. The number of aryl methyl sites for hydroxylation is 1. The van der Waals surface area contributed by atoms with E-state index >= 15 is 0 Å². The monoisotopic (exact) mass is 375 g/mol. The maximum atomic E-state index is 14.1. The van der Waals surface area contributed by atoms with E-state index in [1.807, 2.05) is 0 Å². The Morgan fingerprint density at radius 2 is 2.08 bits per heavy atom. The Kier molecular flexibility index (Phi) is 4.65. The minimum absolute atomic E-state index is 0.134. The lowest BCUT2D eigenvalue weighted by Gasteiger charge is -2.18. The third-order valence-electron chi connectivity index (χ3n) is 4.00. The van der Waals surface area contributed by atoms with Crippen molar-refractivity contribution in [2.75, 3.05) is 5.32 Å². The first kappa shape index (κ1) is 17.9. The molecular weight excluding hydrogens is 361 g/mol. The van der Waals surface area contributed by atoms with E-state index < -0.39 is 17.8 Å². The van der Waals surface area contributed by atoms with Crippen LogP contribution in [0.1, 0.15) is 34.7 Å². The number of carboxylic acid groups (broad SMARTS) is 1. The summed E-state index contributed by atoms with van der Waals surface area (Å²) in [5.74, 6) is -1.41. The van der Waals surface area contributed by atoms with Crippen molar-refractivity contribution in [1.82, 2.24) is 9.97 Å². The maximum Gasteiger partial charge on any atom is 0.335 e. The Morgan fingerprint density at radius 1 is 1.35 bits per heavy atom. The van der Waals surface area contributed by atoms with Crippen LogP contribution in [-0.2, 0) is 0 Å². The van der Waals surface area contributed by atoms with Crippen LogP contribution in [-0.4, -0.2) is 21.0 Å². The second kappa shape index (κ2) is 6.76. The van der Waals surface area contributed by atoms with Crippen molar-refractivity contribution < 1.29 is 14.3 Å². The van der Waals surface area contributed by atoms with E-state index in [0.717, 1.165) is 6.07 Å². The summed E-state index contributed by atoms with van der Waals surface area (Å²) in [5, 5.41) is 12.6. The van der Waals surface area contributed by atoms with Crippen molar-refractivity contribution in [1.29, 1.82) is 0 Å². The Bertz CT molecular complexity index is 1080. The van der Waals surface area contributed by atoms with Gasteiger partial charge in [0.15, 0.2) is 0 Å². The second-order valence-electron chi connectivity index (χ2n) is 5.91. The number of hydrogen-bond acceptors (Lipinski definition) is 4. The molecule has 0 aliphatic carbocycles. The maximum absolute atomic E-state index is 14.1. The fourth-order valence-electron chi connectivity index (χ4n) is 2.70. The first-order valence-electron chi connectivity index (χ1n) is 7.75. The van der Waals surface area contributed by atoms with Gasteiger partial charge in [0.05, 0.1) is 28.2 Å². The van der Waals surface area contributed by atoms with Gasteiger partial charge in [0.25, 0.3) is 5.56 Å². The fraction of sp³-hybridized carbons (Fsp3) is 0.167. The third kappa shape index (κ3) is 3.39. The van der Waals surface area contributed by atoms with E-state index in [0.29, 0.717) is 27.3 Å². The minimum atomic E-state index is -1.21. The van der Waals surface area contributed by atoms with Crippen molar-refractivity contribution in [2.24, 2.45) is 0 Å². The van der Waals surface area contributed by atoms with Gasteiger partial charge in [-0.25, -0.2) is 14.2 Å². The quantitative estimate of drug-likeness (QED) is 0.643. The first-order chi connectivity index (χ1) is 12.3. The van der Waals surface area contributed by atoms with Gasteiger partial charge in [-0.05, 0) is 49.7 Å². The van der Waals surface area contributed by atoms with Crippen molar-refractivity contribution in [2.45, 2.75) is 19.9 Å². The van der Waals surface area contributed by atoms with Gasteiger partial charge in [-0.3, -0.25) is 4.79 Å². The number of carbonyl (C=O) groups is 1. The molecule has 3 rings (SSSR count). The summed E-state index contributed by atoms with van der Waals surface area (Å²) in [7, 11) is 0. The lowest BCUT2D eigenvalue weighted by atomic mass is 10.0. The van der Waals surface area contributed by atoms with Gasteiger partial charge in [0.1, 0.15) is 11.6 Å². The summed E-state index contributed by atoms with van der Waals surface area (Å²) in [4.78, 5) is 29.9. The number of fused-ring (bicyclic) bond motifs is 1. The van der Waals surface area contributed by atoms with E-state index in [9.17, 15) is 14.0 Å². The van der Waals surface area contributed by atoms with Crippen LogP contribution in [0.4, 0.5) is 10.1 Å². The molecule has 6 nitrogen and oxygen atoms in total. The van der Waals surface area contributed by atoms with Crippen LogP contribution in [0.5, 0.6) is 0 Å². The van der Waals surface area contributed by atoms with Gasteiger partial charge in [-0.15, -0.1) is 0 Å². The average molecular weight is 376 g/mol. The standard InChI is InChI=1S/C18H15ClFN3O3/c1-8(21-15-4-3-10(18(25)26)5-14(15)20)11-6-12-16(7-13(11)19)22-9(2)23-17(12)24/h3-8,21H,1-2H3,(H,25,26)(H,22,23,24)/t8-/m0/s1. The molecule has 2 aromatic carbocycles. The smallest absolute Gasteiger partial charge is 0.335 e. The summed E-state index contributed by atoms with van der Waals surface area (Å²) >= 11 is 6.31. The third-order valence-corrected chi connectivity index (χ3v) is 4.32. The van der Waals surface area contributed by atoms with E-state index in [-0.39, 0.29) is 16.8 Å². The van der Waals surface area contributed by atoms with Crippen LogP contribution in [0.15, 0.2) is 35.1 Å². The molecule has 0 bridgehead atoms. The number of nitrogens with one attached hydrogen (secondary N) is 2. The molecule has 0 amide bonds. The molecule has 3 N–H and O–H groups in total. The van der Waals surface area contributed by atoms with Crippen LogP contribution in [0.3, 0.4) is 0 Å². The highest BCUT2D eigenvalue weighted by molar-refractivity contribution is 6.32. The molecule has 0 saturated carbocycles. The number of aromatic carboxylic acids is 1. The predicted octanol–water partition coefficient (Wildman–Crippen LogP) is 3.90. The van der Waals surface area contributed by atoms with Gasteiger partial charge in [0.2, 0.25) is 0 Å². The molecule has 26 heavy (non-hydrogen) atoms. The summed E-state index contributed by atoms with van der Waals surface area (Å²) < 4.78 is 14.1. The first-order valence-corrected chi connectivity index (χ1v) is 8.13. The lowest BCUT2D eigenvalue weighted by Crippen LogP contribution is -2.13. The number of hydrogen-bond donors (Lipinski definition) is 3. The highest BCUT2D eigenvalue weighted by Gasteiger charge is 2.16. The van der Waals surface area contributed by atoms with Crippen LogP contribution >= 0.6 is 11.6 Å². The number of benzene rings is 2. The van der Waals surface area contributed by atoms with Crippen LogP contribution < -0.4 is 10.9 Å². The van der Waals surface area contributed by atoms with Crippen molar-refractivity contribution in [3.63, 3.8) is 0 Å². The van der Waals surface area contributed by atoms with Gasteiger partial charge in [0, 0.05) is 5.02 Å². The number of anilines is 1. The van der Waals surface area contributed by atoms with E-state index in [2.05, 4.69) is 15.3 Å². The summed E-state index contributed by atoms with van der Waals surface area (Å²) in [6.07, 6.45) is 0. The van der Waals surface area contributed by atoms with Gasteiger partial charge < -0.3 is 15.4 Å². The lowest BCUT2D eigenvalue weighted by molar-refractivity contribution is 0.0696. The molecule has 1 heterocycles. The summed E-state index contributed by atoms with van der Waals surface area (Å²) in [6, 6.07) is 6.37. The molecule has 0 fully saturated rings. The van der Waals surface area contributed by atoms with Gasteiger partial charge in [-0.2, -0.15) is 0 Å². The van der Waals surface area contributed by atoms with Crippen molar-refractivity contribution in [3.05, 3.63) is 68.5 Å². The highest BCUT2D eigenvalue weighted by atomic mass is 35.5. The summed E-state index contributed by atoms with van der Waals surface area (Å²) in [5.41, 5.74) is 0.780. The van der Waals surface area contributed by atoms with Crippen LogP contribution in [0, 0.1) is 12.7 Å². The zero-order valence-electron chi connectivity index (χ0n) is 13.9. The largest absolute Gasteiger partial charge is 0.478 e.